The van der Waals surface area contributed by atoms with Crippen LogP contribution in [0.25, 0.3) is 11.2 Å². The van der Waals surface area contributed by atoms with E-state index in [2.05, 4.69) is 9.97 Å². The number of rotatable bonds is 7. The lowest BCUT2D eigenvalue weighted by Crippen LogP contribution is -2.37. The number of nitrogen functional groups attached to an aromatic ring is 1. The Hall–Kier alpha value is -1.78. The number of aromatic nitrogens is 4. The van der Waals surface area contributed by atoms with Gasteiger partial charge in [-0.25, -0.2) is 4.98 Å². The van der Waals surface area contributed by atoms with E-state index in [-0.39, 0.29) is 23.4 Å². The summed E-state index contributed by atoms with van der Waals surface area (Å²) in [5.41, 5.74) is 5.45. The first-order valence-corrected chi connectivity index (χ1v) is 10.9. The Morgan fingerprint density at radius 3 is 2.76 bits per heavy atom. The number of nitrogens with zero attached hydrogens (tertiary/aromatic N) is 4. The van der Waals surface area contributed by atoms with E-state index in [0.717, 1.165) is 12.7 Å². The summed E-state index contributed by atoms with van der Waals surface area (Å²) in [7, 11) is -2.25. The van der Waals surface area contributed by atoms with Crippen LogP contribution in [-0.4, -0.2) is 59.5 Å². The second-order valence-electron chi connectivity index (χ2n) is 8.04. The van der Waals surface area contributed by atoms with Gasteiger partial charge >= 0.3 is 0 Å². The first kappa shape index (κ1) is 21.9. The minimum absolute atomic E-state index is 0.0111. The number of ether oxygens (including phenoxy) is 1. The summed E-state index contributed by atoms with van der Waals surface area (Å²) < 4.78 is 26.1. The number of imidazole rings is 1. The van der Waals surface area contributed by atoms with Crippen LogP contribution in [0, 0.1) is 0 Å². The van der Waals surface area contributed by atoms with Crippen molar-refractivity contribution in [3.05, 3.63) is 12.7 Å². The Morgan fingerprint density at radius 2 is 2.10 bits per heavy atom. The molecule has 1 aliphatic heterocycles. The van der Waals surface area contributed by atoms with Crippen molar-refractivity contribution in [2.24, 2.45) is 0 Å². The predicted octanol–water partition coefficient (Wildman–Crippen LogP) is 0.616. The van der Waals surface area contributed by atoms with Crippen molar-refractivity contribution >= 4 is 25.0 Å². The Bertz CT molecular complexity index is 906. The van der Waals surface area contributed by atoms with Crippen molar-refractivity contribution < 1.29 is 34.0 Å². The third-order valence-corrected chi connectivity index (χ3v) is 7.21. The van der Waals surface area contributed by atoms with E-state index in [1.54, 1.807) is 13.8 Å². The normalized spacial score (nSPS) is 27.4. The van der Waals surface area contributed by atoms with Gasteiger partial charge in [0.25, 0.3) is 12.1 Å². The van der Waals surface area contributed by atoms with Gasteiger partial charge in [-0.1, -0.05) is 23.6 Å². The maximum absolute atomic E-state index is 12.3. The summed E-state index contributed by atoms with van der Waals surface area (Å²) in [6.45, 7) is 7.38. The van der Waals surface area contributed by atoms with Crippen molar-refractivity contribution in [1.29, 1.82) is 0 Å². The van der Waals surface area contributed by atoms with E-state index in [9.17, 15) is 20.0 Å². The number of aliphatic hydroxyl groups excluding tert-OH is 2. The molecule has 29 heavy (non-hydrogen) atoms. The minimum atomic E-state index is -2.25. The molecule has 12 heteroatoms. The first-order valence-electron chi connectivity index (χ1n) is 9.52. The average Bonchev–Trinajstić information content (AvgIpc) is 3.20. The second kappa shape index (κ2) is 8.16. The molecule has 3 heterocycles. The Labute approximate surface area is 168 Å². The minimum Gasteiger partial charge on any atom is -0.388 e. The molecule has 5 N–H and O–H groups in total. The van der Waals surface area contributed by atoms with Gasteiger partial charge in [-0.3, -0.25) is 9.13 Å². The topological polar surface area (TPSA) is 157 Å². The van der Waals surface area contributed by atoms with Crippen LogP contribution in [-0.2, 0) is 13.8 Å². The van der Waals surface area contributed by atoms with E-state index in [1.165, 1.54) is 10.9 Å². The third-order valence-electron chi connectivity index (χ3n) is 5.24. The number of hydrogen-bond donors (Lipinski definition) is 4. The molecular formula is C17H29N5O6P+. The molecule has 1 fully saturated rings. The van der Waals surface area contributed by atoms with Crippen LogP contribution >= 0.6 is 8.03 Å². The number of aliphatic hydroxyl groups is 2. The fraction of sp³-hybridized carbons (Fsp3) is 0.706. The number of anilines is 1. The van der Waals surface area contributed by atoms with Crippen LogP contribution in [0.2, 0.25) is 0 Å². The smallest absolute Gasteiger partial charge is 0.289 e. The lowest BCUT2D eigenvalue weighted by molar-refractivity contribution is -0.894. The van der Waals surface area contributed by atoms with Gasteiger partial charge in [0, 0.05) is 12.1 Å². The van der Waals surface area contributed by atoms with E-state index < -0.39 is 38.2 Å². The highest BCUT2D eigenvalue weighted by Gasteiger charge is 2.47. The zero-order valence-corrected chi connectivity index (χ0v) is 17.9. The molecule has 2 aromatic heterocycles. The van der Waals surface area contributed by atoms with Gasteiger partial charge in [-0.2, -0.15) is 0 Å². The van der Waals surface area contributed by atoms with Crippen molar-refractivity contribution in [2.45, 2.75) is 76.3 Å². The van der Waals surface area contributed by atoms with Crippen LogP contribution in [0.15, 0.2) is 12.7 Å². The van der Waals surface area contributed by atoms with Crippen LogP contribution in [0.5, 0.6) is 0 Å². The zero-order chi connectivity index (χ0) is 21.5. The van der Waals surface area contributed by atoms with E-state index in [4.69, 9.17) is 15.0 Å². The van der Waals surface area contributed by atoms with Crippen molar-refractivity contribution in [1.82, 2.24) is 14.5 Å². The molecule has 2 aromatic rings. The molecule has 0 saturated carbocycles. The highest BCUT2D eigenvalue weighted by Crippen LogP contribution is 2.41. The SMILES string of the molecule is CCC(C)[PH](=O)OC(C)(C)C[C@H]1O[C@H](n2cnc3c(N)[n+](O)cnc32)[C@H](O)[C@@H]1O. The van der Waals surface area contributed by atoms with Crippen molar-refractivity contribution in [2.75, 3.05) is 5.73 Å². The standard InChI is InChI=1S/C17H28N5O6P/c1-5-9(2)29(26)28-17(3,4)6-10-12(23)13(24)16(27-10)21-7-19-11-14(18)22(25)8-20-15(11)21/h7-10,12-13,16,18,23-25,29H,5-6H2,1-4H3/p+1/t9?,10-,12-,13-,16+/m1/s1. The molecule has 0 aliphatic carbocycles. The molecule has 1 aliphatic rings. The molecule has 0 amide bonds. The second-order valence-corrected chi connectivity index (χ2v) is 9.87. The fourth-order valence-electron chi connectivity index (χ4n) is 3.32. The van der Waals surface area contributed by atoms with Gasteiger partial charge in [0.1, 0.15) is 18.5 Å². The molecule has 6 atom stereocenters. The number of fused-ring (bicyclic) bond motifs is 1. The summed E-state index contributed by atoms with van der Waals surface area (Å²) >= 11 is 0. The highest BCUT2D eigenvalue weighted by molar-refractivity contribution is 7.40. The molecule has 0 bridgehead atoms. The molecule has 2 unspecified atom stereocenters. The van der Waals surface area contributed by atoms with Gasteiger partial charge in [0.05, 0.1) is 11.7 Å². The summed E-state index contributed by atoms with van der Waals surface area (Å²) in [4.78, 5) is 8.18. The number of hydrogen-bond acceptors (Lipinski definition) is 9. The van der Waals surface area contributed by atoms with E-state index in [1.807, 2.05) is 13.8 Å². The summed E-state index contributed by atoms with van der Waals surface area (Å²) in [6, 6.07) is 0. The average molecular weight is 430 g/mol. The van der Waals surface area contributed by atoms with Gasteiger partial charge in [-0.05, 0) is 20.3 Å². The van der Waals surface area contributed by atoms with Crippen molar-refractivity contribution in [3.63, 3.8) is 0 Å². The lowest BCUT2D eigenvalue weighted by atomic mass is 9.97. The zero-order valence-electron chi connectivity index (χ0n) is 16.9. The van der Waals surface area contributed by atoms with Gasteiger partial charge in [-0.15, -0.1) is 0 Å². The Balaban J connectivity index is 1.79. The van der Waals surface area contributed by atoms with Gasteiger partial charge < -0.3 is 30.4 Å². The molecule has 0 aromatic carbocycles. The largest absolute Gasteiger partial charge is 0.388 e. The van der Waals surface area contributed by atoms with Gasteiger partial charge in [0.2, 0.25) is 11.2 Å². The summed E-state index contributed by atoms with van der Waals surface area (Å²) in [5.74, 6) is -0.0111. The molecule has 0 spiro atoms. The molecule has 3 rings (SSSR count). The van der Waals surface area contributed by atoms with Crippen molar-refractivity contribution in [3.8, 4) is 0 Å². The lowest BCUT2D eigenvalue weighted by Gasteiger charge is -2.30. The summed E-state index contributed by atoms with van der Waals surface area (Å²) in [6.07, 6.45) is -0.682. The Kier molecular flexibility index (Phi) is 6.16. The molecule has 162 valence electrons. The first-order chi connectivity index (χ1) is 13.6. The number of nitrogens with two attached hydrogens (primary N) is 1. The molecular weight excluding hydrogens is 401 g/mol. The van der Waals surface area contributed by atoms with Crippen LogP contribution in [0.1, 0.15) is 46.8 Å². The van der Waals surface area contributed by atoms with E-state index >= 15 is 0 Å². The maximum Gasteiger partial charge on any atom is 0.289 e. The fourth-order valence-corrected chi connectivity index (χ4v) is 4.49. The third kappa shape index (κ3) is 4.24. The molecule has 11 nitrogen and oxygen atoms in total. The van der Waals surface area contributed by atoms with E-state index in [0.29, 0.717) is 10.4 Å². The Morgan fingerprint density at radius 1 is 1.41 bits per heavy atom. The predicted molar refractivity (Wildman–Crippen MR) is 104 cm³/mol. The maximum atomic E-state index is 12.3. The van der Waals surface area contributed by atoms with Gasteiger partial charge in [0.15, 0.2) is 14.3 Å². The highest BCUT2D eigenvalue weighted by atomic mass is 31.1. The van der Waals surface area contributed by atoms with Crippen LogP contribution in [0.4, 0.5) is 5.82 Å². The van der Waals surface area contributed by atoms with Crippen LogP contribution < -0.4 is 10.5 Å². The quantitative estimate of drug-likeness (QED) is 0.281. The molecule has 1 saturated heterocycles. The summed E-state index contributed by atoms with van der Waals surface area (Å²) in [5, 5.41) is 30.7. The van der Waals surface area contributed by atoms with Crippen LogP contribution in [0.3, 0.4) is 0 Å². The molecule has 0 radical (unpaired) electrons. The monoisotopic (exact) mass is 430 g/mol.